The normalized spacial score (nSPS) is 15.0. The molecule has 1 N–H and O–H groups in total. The Labute approximate surface area is 152 Å². The van der Waals surface area contributed by atoms with Crippen LogP contribution in [0.4, 0.5) is 5.95 Å². The lowest BCUT2D eigenvalue weighted by atomic mass is 10.3. The van der Waals surface area contributed by atoms with Crippen LogP contribution in [-0.4, -0.2) is 56.1 Å². The maximum atomic E-state index is 12.4. The van der Waals surface area contributed by atoms with E-state index in [1.165, 1.54) is 23.0 Å². The molecule has 1 amide bonds. The second kappa shape index (κ2) is 6.13. The minimum atomic E-state index is -0.410. The van der Waals surface area contributed by atoms with E-state index in [-0.39, 0.29) is 5.91 Å². The van der Waals surface area contributed by atoms with Gasteiger partial charge in [-0.25, -0.2) is 4.79 Å². The molecule has 1 aliphatic rings. The van der Waals surface area contributed by atoms with Crippen molar-refractivity contribution in [2.24, 2.45) is 14.1 Å². The number of amides is 1. The summed E-state index contributed by atoms with van der Waals surface area (Å²) in [6, 6.07) is 3.70. The summed E-state index contributed by atoms with van der Waals surface area (Å²) in [5, 5.41) is 1.89. The van der Waals surface area contributed by atoms with E-state index in [1.807, 2.05) is 27.3 Å². The van der Waals surface area contributed by atoms with Crippen molar-refractivity contribution in [3.05, 3.63) is 43.2 Å². The van der Waals surface area contributed by atoms with Crippen LogP contribution in [0, 0.1) is 0 Å². The van der Waals surface area contributed by atoms with Gasteiger partial charge in [-0.15, -0.1) is 11.3 Å². The van der Waals surface area contributed by atoms with Crippen molar-refractivity contribution in [1.29, 1.82) is 0 Å². The van der Waals surface area contributed by atoms with Crippen molar-refractivity contribution in [3.63, 3.8) is 0 Å². The predicted octanol–water partition coefficient (Wildman–Crippen LogP) is -0.0158. The molecule has 3 aromatic heterocycles. The van der Waals surface area contributed by atoms with Crippen molar-refractivity contribution in [2.75, 3.05) is 31.1 Å². The Morgan fingerprint density at radius 2 is 1.88 bits per heavy atom. The molecular formula is C16H18N6O3S. The van der Waals surface area contributed by atoms with Gasteiger partial charge >= 0.3 is 5.69 Å². The SMILES string of the molecule is Cn1c(=O)c2[nH]c(N3CCN(C(=O)c4cccs4)CC3)nc2n(C)c1=O. The first-order valence-electron chi connectivity index (χ1n) is 8.21. The van der Waals surface area contributed by atoms with Gasteiger partial charge in [0.05, 0.1) is 4.88 Å². The molecule has 0 saturated carbocycles. The zero-order chi connectivity index (χ0) is 18.4. The minimum Gasteiger partial charge on any atom is -0.339 e. The molecule has 3 aromatic rings. The van der Waals surface area contributed by atoms with Gasteiger partial charge in [0.2, 0.25) is 5.95 Å². The number of nitrogens with one attached hydrogen (secondary N) is 1. The summed E-state index contributed by atoms with van der Waals surface area (Å²) in [5.74, 6) is 0.585. The van der Waals surface area contributed by atoms with Crippen molar-refractivity contribution in [1.82, 2.24) is 24.0 Å². The number of anilines is 1. The number of carbonyl (C=O) groups excluding carboxylic acids is 1. The van der Waals surface area contributed by atoms with Crippen molar-refractivity contribution in [2.45, 2.75) is 0 Å². The summed E-state index contributed by atoms with van der Waals surface area (Å²) in [6.45, 7) is 2.35. The number of carbonyl (C=O) groups is 1. The topological polar surface area (TPSA) is 96.2 Å². The maximum Gasteiger partial charge on any atom is 0.332 e. The zero-order valence-corrected chi connectivity index (χ0v) is 15.2. The number of hydrogen-bond donors (Lipinski definition) is 1. The number of fused-ring (bicyclic) bond motifs is 1. The molecule has 1 saturated heterocycles. The summed E-state index contributed by atoms with van der Waals surface area (Å²) in [5.41, 5.74) is -0.160. The van der Waals surface area contributed by atoms with Crippen LogP contribution in [0.2, 0.25) is 0 Å². The summed E-state index contributed by atoms with van der Waals surface area (Å²) < 4.78 is 2.41. The molecular weight excluding hydrogens is 356 g/mol. The molecule has 4 rings (SSSR count). The van der Waals surface area contributed by atoms with E-state index in [9.17, 15) is 14.4 Å². The highest BCUT2D eigenvalue weighted by Gasteiger charge is 2.25. The second-order valence-electron chi connectivity index (χ2n) is 6.22. The number of thiophene rings is 1. The molecule has 1 aliphatic heterocycles. The third kappa shape index (κ3) is 2.53. The van der Waals surface area contributed by atoms with Crippen LogP contribution in [0.1, 0.15) is 9.67 Å². The van der Waals surface area contributed by atoms with Crippen LogP contribution in [0.15, 0.2) is 27.1 Å². The average molecular weight is 374 g/mol. The van der Waals surface area contributed by atoms with Gasteiger partial charge in [-0.1, -0.05) is 6.07 Å². The number of rotatable bonds is 2. The number of H-pyrrole nitrogens is 1. The summed E-state index contributed by atoms with van der Waals surface area (Å²) in [4.78, 5) is 48.8. The molecule has 4 heterocycles. The highest BCUT2D eigenvalue weighted by Crippen LogP contribution is 2.18. The van der Waals surface area contributed by atoms with E-state index in [2.05, 4.69) is 9.97 Å². The Kier molecular flexibility index (Phi) is 3.91. The molecule has 0 bridgehead atoms. The number of nitrogens with zero attached hydrogens (tertiary/aromatic N) is 5. The first kappa shape index (κ1) is 16.6. The molecule has 0 aromatic carbocycles. The van der Waals surface area contributed by atoms with Crippen LogP contribution in [-0.2, 0) is 14.1 Å². The Morgan fingerprint density at radius 1 is 1.15 bits per heavy atom. The number of hydrogen-bond acceptors (Lipinski definition) is 6. The quantitative estimate of drug-likeness (QED) is 0.680. The first-order valence-corrected chi connectivity index (χ1v) is 9.09. The van der Waals surface area contributed by atoms with E-state index in [0.29, 0.717) is 43.3 Å². The van der Waals surface area contributed by atoms with Crippen LogP contribution in [0.25, 0.3) is 11.2 Å². The Bertz CT molecular complexity index is 1090. The summed E-state index contributed by atoms with van der Waals surface area (Å²) >= 11 is 1.44. The molecule has 0 radical (unpaired) electrons. The van der Waals surface area contributed by atoms with Gasteiger partial charge in [0.15, 0.2) is 11.2 Å². The number of piperazine rings is 1. The maximum absolute atomic E-state index is 12.4. The summed E-state index contributed by atoms with van der Waals surface area (Å²) in [7, 11) is 3.03. The van der Waals surface area contributed by atoms with Gasteiger partial charge in [-0.3, -0.25) is 18.7 Å². The molecule has 136 valence electrons. The number of imidazole rings is 1. The fourth-order valence-corrected chi connectivity index (χ4v) is 3.83. The van der Waals surface area contributed by atoms with E-state index >= 15 is 0 Å². The van der Waals surface area contributed by atoms with E-state index in [0.717, 1.165) is 9.44 Å². The molecule has 10 heteroatoms. The Hall–Kier alpha value is -2.88. The van der Waals surface area contributed by atoms with Crippen molar-refractivity contribution >= 4 is 34.4 Å². The lowest BCUT2D eigenvalue weighted by Crippen LogP contribution is -2.49. The molecule has 0 spiro atoms. The summed E-state index contributed by atoms with van der Waals surface area (Å²) in [6.07, 6.45) is 0. The largest absolute Gasteiger partial charge is 0.339 e. The highest BCUT2D eigenvalue weighted by molar-refractivity contribution is 7.12. The van der Waals surface area contributed by atoms with Gasteiger partial charge in [-0.2, -0.15) is 4.98 Å². The fraction of sp³-hybridized carbons (Fsp3) is 0.375. The average Bonchev–Trinajstić information content (AvgIpc) is 3.34. The van der Waals surface area contributed by atoms with Gasteiger partial charge in [0.25, 0.3) is 11.5 Å². The predicted molar refractivity (Wildman–Crippen MR) is 99.0 cm³/mol. The zero-order valence-electron chi connectivity index (χ0n) is 14.4. The monoisotopic (exact) mass is 374 g/mol. The van der Waals surface area contributed by atoms with Crippen LogP contribution in [0.3, 0.4) is 0 Å². The fourth-order valence-electron chi connectivity index (χ4n) is 3.14. The number of aromatic nitrogens is 4. The molecule has 1 fully saturated rings. The standard InChI is InChI=1S/C16H18N6O3S/c1-19-12-11(14(24)20(2)16(19)25)17-15(18-12)22-7-5-21(6-8-22)13(23)10-4-3-9-26-10/h3-4,9H,5-8H2,1-2H3,(H,17,18). The third-order valence-electron chi connectivity index (χ3n) is 4.68. The second-order valence-corrected chi connectivity index (χ2v) is 7.17. The number of aromatic amines is 1. The third-order valence-corrected chi connectivity index (χ3v) is 5.54. The molecule has 26 heavy (non-hydrogen) atoms. The molecule has 0 unspecified atom stereocenters. The van der Waals surface area contributed by atoms with Crippen LogP contribution in [0.5, 0.6) is 0 Å². The van der Waals surface area contributed by atoms with Crippen molar-refractivity contribution < 1.29 is 4.79 Å². The Morgan fingerprint density at radius 3 is 2.54 bits per heavy atom. The van der Waals surface area contributed by atoms with E-state index in [4.69, 9.17) is 0 Å². The van der Waals surface area contributed by atoms with Crippen LogP contribution >= 0.6 is 11.3 Å². The molecule has 0 atom stereocenters. The van der Waals surface area contributed by atoms with Gasteiger partial charge in [-0.05, 0) is 11.4 Å². The van der Waals surface area contributed by atoms with Gasteiger partial charge in [0.1, 0.15) is 0 Å². The number of aryl methyl sites for hydroxylation is 1. The Balaban J connectivity index is 1.58. The lowest BCUT2D eigenvalue weighted by molar-refractivity contribution is 0.0751. The highest BCUT2D eigenvalue weighted by atomic mass is 32.1. The smallest absolute Gasteiger partial charge is 0.332 e. The van der Waals surface area contributed by atoms with Gasteiger partial charge < -0.3 is 14.8 Å². The van der Waals surface area contributed by atoms with Gasteiger partial charge in [0, 0.05) is 40.3 Å². The van der Waals surface area contributed by atoms with E-state index < -0.39 is 11.2 Å². The van der Waals surface area contributed by atoms with Crippen LogP contribution < -0.4 is 16.1 Å². The molecule has 0 aliphatic carbocycles. The lowest BCUT2D eigenvalue weighted by Gasteiger charge is -2.34. The minimum absolute atomic E-state index is 0.0421. The van der Waals surface area contributed by atoms with Crippen molar-refractivity contribution in [3.8, 4) is 0 Å². The first-order chi connectivity index (χ1) is 12.5. The van der Waals surface area contributed by atoms with E-state index in [1.54, 1.807) is 7.05 Å². The molecule has 9 nitrogen and oxygen atoms in total.